The van der Waals surface area contributed by atoms with Crippen LogP contribution in [0.3, 0.4) is 0 Å². The van der Waals surface area contributed by atoms with E-state index in [1.165, 1.54) is 32.1 Å². The number of benzene rings is 2. The minimum absolute atomic E-state index is 0.0241. The van der Waals surface area contributed by atoms with Crippen molar-refractivity contribution in [3.8, 4) is 0 Å². The lowest BCUT2D eigenvalue weighted by atomic mass is 9.93. The van der Waals surface area contributed by atoms with E-state index in [0.717, 1.165) is 43.9 Å². The molecule has 2 aromatic rings. The van der Waals surface area contributed by atoms with Crippen molar-refractivity contribution in [1.29, 1.82) is 0 Å². The number of rotatable bonds is 7. The van der Waals surface area contributed by atoms with Crippen LogP contribution in [0.15, 0.2) is 48.5 Å². The van der Waals surface area contributed by atoms with Crippen LogP contribution in [0.5, 0.6) is 0 Å². The summed E-state index contributed by atoms with van der Waals surface area (Å²) in [7, 11) is 0. The molecule has 1 saturated carbocycles. The Morgan fingerprint density at radius 1 is 0.750 bits per heavy atom. The Morgan fingerprint density at radius 2 is 1.33 bits per heavy atom. The quantitative estimate of drug-likeness (QED) is 0.368. The van der Waals surface area contributed by atoms with Crippen LogP contribution in [0, 0.1) is 6.42 Å². The highest BCUT2D eigenvalue weighted by atomic mass is 19.4. The van der Waals surface area contributed by atoms with Crippen molar-refractivity contribution >= 4 is 0 Å². The highest BCUT2D eigenvalue weighted by Crippen LogP contribution is 2.36. The van der Waals surface area contributed by atoms with Crippen molar-refractivity contribution in [1.82, 2.24) is 9.80 Å². The van der Waals surface area contributed by atoms with Crippen LogP contribution < -0.4 is 0 Å². The number of piperazine rings is 1. The van der Waals surface area contributed by atoms with Gasteiger partial charge in [-0.05, 0) is 61.4 Å². The van der Waals surface area contributed by atoms with Crippen molar-refractivity contribution in [2.45, 2.75) is 69.4 Å². The van der Waals surface area contributed by atoms with Gasteiger partial charge in [0, 0.05) is 38.3 Å². The lowest BCUT2D eigenvalue weighted by molar-refractivity contribution is -0.143. The summed E-state index contributed by atoms with van der Waals surface area (Å²) in [5.41, 5.74) is -1.41. The van der Waals surface area contributed by atoms with Gasteiger partial charge in [-0.25, -0.2) is 0 Å². The van der Waals surface area contributed by atoms with Crippen molar-refractivity contribution in [3.63, 3.8) is 0 Å². The van der Waals surface area contributed by atoms with Gasteiger partial charge >= 0.3 is 12.4 Å². The van der Waals surface area contributed by atoms with Gasteiger partial charge in [0.2, 0.25) is 0 Å². The first kappa shape index (κ1) is 27.0. The van der Waals surface area contributed by atoms with Gasteiger partial charge in [0.15, 0.2) is 0 Å². The van der Waals surface area contributed by atoms with E-state index in [1.807, 2.05) is 36.8 Å². The number of halogens is 6. The van der Waals surface area contributed by atoms with Gasteiger partial charge in [0.05, 0.1) is 11.1 Å². The summed E-state index contributed by atoms with van der Waals surface area (Å²) in [5, 5.41) is 0. The second kappa shape index (κ2) is 11.5. The van der Waals surface area contributed by atoms with E-state index in [-0.39, 0.29) is 24.1 Å². The van der Waals surface area contributed by atoms with Gasteiger partial charge in [-0.3, -0.25) is 9.80 Å². The zero-order valence-corrected chi connectivity index (χ0v) is 20.3. The summed E-state index contributed by atoms with van der Waals surface area (Å²) in [5.74, 6) is 0. The molecule has 0 aromatic heterocycles. The van der Waals surface area contributed by atoms with Gasteiger partial charge in [-0.1, -0.05) is 49.6 Å². The Labute approximate surface area is 209 Å². The second-order valence-electron chi connectivity index (χ2n) is 9.97. The first-order chi connectivity index (χ1) is 17.1. The molecule has 8 heteroatoms. The van der Waals surface area contributed by atoms with E-state index in [4.69, 9.17) is 0 Å². The van der Waals surface area contributed by atoms with Crippen LogP contribution in [-0.2, 0) is 25.2 Å². The molecule has 1 radical (unpaired) electrons. The van der Waals surface area contributed by atoms with Crippen molar-refractivity contribution < 1.29 is 26.3 Å². The summed E-state index contributed by atoms with van der Waals surface area (Å²) in [6.07, 6.45) is -0.784. The van der Waals surface area contributed by atoms with E-state index in [9.17, 15) is 26.3 Å². The fraction of sp³-hybridized carbons (Fsp3) is 0.536. The Hall–Kier alpha value is -2.06. The molecule has 4 rings (SSSR count). The molecular formula is C28H33F6N2. The summed E-state index contributed by atoms with van der Waals surface area (Å²) < 4.78 is 79.9. The number of alkyl halides is 6. The minimum atomic E-state index is -4.84. The Bertz CT molecular complexity index is 926. The van der Waals surface area contributed by atoms with Crippen molar-refractivity contribution in [2.24, 2.45) is 0 Å². The summed E-state index contributed by atoms with van der Waals surface area (Å²) in [4.78, 5) is 4.88. The fourth-order valence-electron chi connectivity index (χ4n) is 5.51. The molecular weight excluding hydrogens is 478 g/mol. The highest BCUT2D eigenvalue weighted by molar-refractivity contribution is 5.34. The first-order valence-electron chi connectivity index (χ1n) is 12.7. The Balaban J connectivity index is 1.48. The molecule has 1 heterocycles. The molecule has 2 aromatic carbocycles. The van der Waals surface area contributed by atoms with Crippen LogP contribution in [0.2, 0.25) is 0 Å². The van der Waals surface area contributed by atoms with Gasteiger partial charge in [0.25, 0.3) is 0 Å². The summed E-state index contributed by atoms with van der Waals surface area (Å²) in [6.45, 7) is 3.54. The molecule has 197 valence electrons. The second-order valence-corrected chi connectivity index (χ2v) is 9.97. The highest BCUT2D eigenvalue weighted by Gasteiger charge is 2.37. The van der Waals surface area contributed by atoms with Gasteiger partial charge in [0.1, 0.15) is 0 Å². The van der Waals surface area contributed by atoms with Gasteiger partial charge in [-0.15, -0.1) is 0 Å². The summed E-state index contributed by atoms with van der Waals surface area (Å²) >= 11 is 0. The van der Waals surface area contributed by atoms with Gasteiger partial charge < -0.3 is 0 Å². The van der Waals surface area contributed by atoms with Crippen molar-refractivity contribution in [2.75, 3.05) is 26.2 Å². The Kier molecular flexibility index (Phi) is 8.66. The fourth-order valence-corrected chi connectivity index (χ4v) is 5.51. The molecule has 1 unspecified atom stereocenters. The van der Waals surface area contributed by atoms with E-state index in [0.29, 0.717) is 12.5 Å². The molecule has 1 atom stereocenters. The van der Waals surface area contributed by atoms with Crippen LogP contribution in [0.1, 0.15) is 54.4 Å². The van der Waals surface area contributed by atoms with Crippen LogP contribution in [-0.4, -0.2) is 48.1 Å². The van der Waals surface area contributed by atoms with E-state index in [1.54, 1.807) is 0 Å². The zero-order valence-electron chi connectivity index (χ0n) is 20.3. The number of nitrogens with zero attached hydrogens (tertiary/aromatic N) is 2. The first-order valence-corrected chi connectivity index (χ1v) is 12.7. The number of hydrogen-bond donors (Lipinski definition) is 0. The van der Waals surface area contributed by atoms with Gasteiger partial charge in [-0.2, -0.15) is 26.3 Å². The van der Waals surface area contributed by atoms with Crippen LogP contribution >= 0.6 is 0 Å². The van der Waals surface area contributed by atoms with Crippen LogP contribution in [0.25, 0.3) is 0 Å². The molecule has 2 nitrogen and oxygen atoms in total. The van der Waals surface area contributed by atoms with E-state index < -0.39 is 23.5 Å². The van der Waals surface area contributed by atoms with E-state index in [2.05, 4.69) is 9.80 Å². The molecule has 0 spiro atoms. The predicted octanol–water partition coefficient (Wildman–Crippen LogP) is 7.03. The molecule has 0 amide bonds. The number of hydrogen-bond acceptors (Lipinski definition) is 2. The topological polar surface area (TPSA) is 6.48 Å². The molecule has 0 N–H and O–H groups in total. The average molecular weight is 512 g/mol. The molecule has 2 fully saturated rings. The van der Waals surface area contributed by atoms with Crippen LogP contribution in [0.4, 0.5) is 26.3 Å². The smallest absolute Gasteiger partial charge is 0.298 e. The molecule has 36 heavy (non-hydrogen) atoms. The largest absolute Gasteiger partial charge is 0.416 e. The van der Waals surface area contributed by atoms with Crippen molar-refractivity contribution in [3.05, 3.63) is 77.2 Å². The third-order valence-electron chi connectivity index (χ3n) is 7.47. The molecule has 0 bridgehead atoms. The normalized spacial score (nSPS) is 19.9. The molecule has 1 aliphatic heterocycles. The lowest BCUT2D eigenvalue weighted by Gasteiger charge is -2.43. The van der Waals surface area contributed by atoms with E-state index >= 15 is 0 Å². The maximum Gasteiger partial charge on any atom is 0.416 e. The Morgan fingerprint density at radius 3 is 1.89 bits per heavy atom. The predicted molar refractivity (Wildman–Crippen MR) is 128 cm³/mol. The minimum Gasteiger partial charge on any atom is -0.298 e. The molecule has 1 saturated heterocycles. The summed E-state index contributed by atoms with van der Waals surface area (Å²) in [6, 6.07) is 12.2. The molecule has 2 aliphatic rings. The maximum atomic E-state index is 13.3. The standard InChI is InChI=1S/C28H33F6N2/c29-27(30,31)23-17-22(18-24(20-23)28(32,33)34)11-12-26(19-21-7-3-1-4-8-21)36-15-13-35(14-16-36)25-9-5-2-6-10-25/h1,3-4,7-8,12,17-18,20,25-26H,2,5-6,9-11,13-16,19H2. The third kappa shape index (κ3) is 7.25. The lowest BCUT2D eigenvalue weighted by Crippen LogP contribution is -2.54. The SMILES string of the molecule is FC(F)(F)c1cc(C[CH]C(Cc2ccccc2)N2CCN(C3CCCCC3)CC2)cc(C(F)(F)F)c1. The zero-order chi connectivity index (χ0) is 25.8. The maximum absolute atomic E-state index is 13.3. The third-order valence-corrected chi connectivity index (χ3v) is 7.47. The average Bonchev–Trinajstić information content (AvgIpc) is 2.86. The monoisotopic (exact) mass is 511 g/mol. The molecule has 1 aliphatic carbocycles.